The molecule has 0 aliphatic rings. The van der Waals surface area contributed by atoms with E-state index in [9.17, 15) is 4.79 Å². The van der Waals surface area contributed by atoms with Gasteiger partial charge in [-0.1, -0.05) is 23.7 Å². The molecule has 0 aliphatic heterocycles. The Kier molecular flexibility index (Phi) is 6.34. The van der Waals surface area contributed by atoms with Crippen LogP contribution in [0.2, 0.25) is 5.02 Å². The molecule has 28 heavy (non-hydrogen) atoms. The number of hydrogen-bond acceptors (Lipinski definition) is 4. The van der Waals surface area contributed by atoms with Gasteiger partial charge in [0, 0.05) is 24.7 Å². The van der Waals surface area contributed by atoms with Crippen LogP contribution in [0.1, 0.15) is 21.7 Å². The van der Waals surface area contributed by atoms with E-state index in [1.165, 1.54) is 0 Å². The lowest BCUT2D eigenvalue weighted by molar-refractivity contribution is 0.102. The Hall–Kier alpha value is -2.83. The van der Waals surface area contributed by atoms with Crippen LogP contribution in [0, 0.1) is 13.8 Å². The topological polar surface area (TPSA) is 65.4 Å². The second-order valence-corrected chi connectivity index (χ2v) is 6.63. The Morgan fingerprint density at radius 2 is 2.00 bits per heavy atom. The fourth-order valence-electron chi connectivity index (χ4n) is 3.00. The zero-order chi connectivity index (χ0) is 20.1. The van der Waals surface area contributed by atoms with Gasteiger partial charge in [0.2, 0.25) is 0 Å². The smallest absolute Gasteiger partial charge is 0.257 e. The Morgan fingerprint density at radius 1 is 1.18 bits per heavy atom. The number of rotatable bonds is 7. The predicted molar refractivity (Wildman–Crippen MR) is 110 cm³/mol. The molecule has 0 atom stereocenters. The Balaban J connectivity index is 1.88. The summed E-state index contributed by atoms with van der Waals surface area (Å²) in [6, 6.07) is 12.7. The van der Waals surface area contributed by atoms with E-state index in [4.69, 9.17) is 21.1 Å². The van der Waals surface area contributed by atoms with E-state index in [1.54, 1.807) is 31.5 Å². The normalized spacial score (nSPS) is 10.7. The molecule has 0 saturated heterocycles. The van der Waals surface area contributed by atoms with Crippen LogP contribution in [0.5, 0.6) is 5.75 Å². The molecule has 0 spiro atoms. The van der Waals surface area contributed by atoms with Gasteiger partial charge in [0.25, 0.3) is 5.91 Å². The van der Waals surface area contributed by atoms with Gasteiger partial charge in [-0.2, -0.15) is 0 Å². The average molecular weight is 400 g/mol. The van der Waals surface area contributed by atoms with Crippen LogP contribution < -0.4 is 10.1 Å². The number of amides is 1. The number of aryl methyl sites for hydroxylation is 1. The lowest BCUT2D eigenvalue weighted by atomic mass is 10.2. The Morgan fingerprint density at radius 3 is 2.71 bits per heavy atom. The van der Waals surface area contributed by atoms with Crippen molar-refractivity contribution in [1.29, 1.82) is 0 Å². The van der Waals surface area contributed by atoms with Gasteiger partial charge in [-0.25, -0.2) is 4.98 Å². The van der Waals surface area contributed by atoms with Crippen molar-refractivity contribution in [3.8, 4) is 11.6 Å². The third-order valence-electron chi connectivity index (χ3n) is 4.30. The summed E-state index contributed by atoms with van der Waals surface area (Å²) in [5.41, 5.74) is 2.80. The molecular weight excluding hydrogens is 378 g/mol. The number of nitrogens with one attached hydrogen (secondary N) is 1. The molecule has 146 valence electrons. The first kappa shape index (κ1) is 19.9. The number of halogens is 1. The molecule has 0 radical (unpaired) electrons. The molecule has 1 N–H and O–H groups in total. The third-order valence-corrected chi connectivity index (χ3v) is 4.60. The summed E-state index contributed by atoms with van der Waals surface area (Å²) in [7, 11) is 1.59. The van der Waals surface area contributed by atoms with E-state index in [2.05, 4.69) is 10.3 Å². The van der Waals surface area contributed by atoms with E-state index in [1.807, 2.05) is 42.7 Å². The van der Waals surface area contributed by atoms with E-state index in [-0.39, 0.29) is 5.91 Å². The lowest BCUT2D eigenvalue weighted by Crippen LogP contribution is -2.15. The van der Waals surface area contributed by atoms with E-state index >= 15 is 0 Å². The second kappa shape index (κ2) is 8.91. The zero-order valence-electron chi connectivity index (χ0n) is 16.0. The summed E-state index contributed by atoms with van der Waals surface area (Å²) >= 11 is 6.25. The Labute approximate surface area is 169 Å². The molecular formula is C21H22ClN3O3. The molecule has 0 aliphatic carbocycles. The number of benzene rings is 1. The van der Waals surface area contributed by atoms with Gasteiger partial charge in [-0.15, -0.1) is 0 Å². The highest BCUT2D eigenvalue weighted by Crippen LogP contribution is 2.33. The number of ether oxygens (including phenoxy) is 2. The molecule has 7 heteroatoms. The molecule has 6 nitrogen and oxygen atoms in total. The summed E-state index contributed by atoms with van der Waals surface area (Å²) in [5, 5.41) is 3.33. The van der Waals surface area contributed by atoms with Crippen LogP contribution in [0.3, 0.4) is 0 Å². The molecule has 2 aromatic heterocycles. The average Bonchev–Trinajstić information content (AvgIpc) is 2.99. The number of pyridine rings is 1. The maximum atomic E-state index is 13.0. The van der Waals surface area contributed by atoms with Crippen molar-refractivity contribution >= 4 is 23.2 Å². The minimum atomic E-state index is -0.242. The van der Waals surface area contributed by atoms with Crippen molar-refractivity contribution in [3.05, 3.63) is 70.6 Å². The fourth-order valence-corrected chi connectivity index (χ4v) is 3.23. The Bertz CT molecular complexity index is 971. The standard InChI is InChI=1S/C21H22ClN3O3/c1-14-13-16(15(2)25(14)19-9-4-5-10-23-19)21(26)24-18-8-6-7-17(22)20(18)28-12-11-27-3/h4-10,13H,11-12H2,1-3H3,(H,24,26). The van der Waals surface area contributed by atoms with Gasteiger partial charge in [-0.05, 0) is 44.2 Å². The van der Waals surface area contributed by atoms with Crippen molar-refractivity contribution in [3.63, 3.8) is 0 Å². The zero-order valence-corrected chi connectivity index (χ0v) is 16.8. The van der Waals surface area contributed by atoms with Crippen LogP contribution in [0.25, 0.3) is 5.82 Å². The summed E-state index contributed by atoms with van der Waals surface area (Å²) < 4.78 is 12.6. The largest absolute Gasteiger partial charge is 0.487 e. The van der Waals surface area contributed by atoms with Crippen molar-refractivity contribution in [2.45, 2.75) is 13.8 Å². The van der Waals surface area contributed by atoms with Gasteiger partial charge in [0.05, 0.1) is 22.9 Å². The fraction of sp³-hybridized carbons (Fsp3) is 0.238. The number of carbonyl (C=O) groups is 1. The number of aromatic nitrogens is 2. The molecule has 3 rings (SSSR count). The molecule has 0 saturated carbocycles. The van der Waals surface area contributed by atoms with Crippen LogP contribution in [-0.2, 0) is 4.74 Å². The van der Waals surface area contributed by atoms with Gasteiger partial charge in [-0.3, -0.25) is 4.79 Å². The predicted octanol–water partition coefficient (Wildman–Crippen LogP) is 4.42. The lowest BCUT2D eigenvalue weighted by Gasteiger charge is -2.14. The number of carbonyl (C=O) groups excluding carboxylic acids is 1. The minimum Gasteiger partial charge on any atom is -0.487 e. The quantitative estimate of drug-likeness (QED) is 0.597. The van der Waals surface area contributed by atoms with Gasteiger partial charge in [0.1, 0.15) is 12.4 Å². The van der Waals surface area contributed by atoms with Crippen LogP contribution >= 0.6 is 11.6 Å². The van der Waals surface area contributed by atoms with Crippen molar-refractivity contribution in [1.82, 2.24) is 9.55 Å². The van der Waals surface area contributed by atoms with E-state index < -0.39 is 0 Å². The first-order chi connectivity index (χ1) is 13.5. The molecule has 1 amide bonds. The second-order valence-electron chi connectivity index (χ2n) is 6.22. The highest BCUT2D eigenvalue weighted by atomic mass is 35.5. The molecule has 0 fully saturated rings. The summed E-state index contributed by atoms with van der Waals surface area (Å²) in [6.45, 7) is 4.59. The SMILES string of the molecule is COCCOc1c(Cl)cccc1NC(=O)c1cc(C)n(-c2ccccn2)c1C. The highest BCUT2D eigenvalue weighted by molar-refractivity contribution is 6.32. The molecule has 3 aromatic rings. The monoisotopic (exact) mass is 399 g/mol. The minimum absolute atomic E-state index is 0.242. The maximum Gasteiger partial charge on any atom is 0.257 e. The number of methoxy groups -OCH3 is 1. The van der Waals surface area contributed by atoms with Crippen molar-refractivity contribution in [2.75, 3.05) is 25.6 Å². The number of nitrogens with zero attached hydrogens (tertiary/aromatic N) is 2. The van der Waals surface area contributed by atoms with Gasteiger partial charge in [0.15, 0.2) is 5.75 Å². The number of anilines is 1. The first-order valence-corrected chi connectivity index (χ1v) is 9.22. The summed E-state index contributed by atoms with van der Waals surface area (Å²) in [5.74, 6) is 0.949. The molecule has 0 unspecified atom stereocenters. The van der Waals surface area contributed by atoms with Crippen molar-refractivity contribution < 1.29 is 14.3 Å². The van der Waals surface area contributed by atoms with Crippen LogP contribution in [0.4, 0.5) is 5.69 Å². The van der Waals surface area contributed by atoms with E-state index in [0.29, 0.717) is 35.2 Å². The highest BCUT2D eigenvalue weighted by Gasteiger charge is 2.19. The number of para-hydroxylation sites is 1. The molecule has 0 bridgehead atoms. The van der Waals surface area contributed by atoms with Crippen LogP contribution in [-0.4, -0.2) is 35.8 Å². The molecule has 2 heterocycles. The van der Waals surface area contributed by atoms with Gasteiger partial charge >= 0.3 is 0 Å². The van der Waals surface area contributed by atoms with E-state index in [0.717, 1.165) is 17.2 Å². The molecule has 1 aromatic carbocycles. The first-order valence-electron chi connectivity index (χ1n) is 8.85. The van der Waals surface area contributed by atoms with Gasteiger partial charge < -0.3 is 19.4 Å². The van der Waals surface area contributed by atoms with Crippen molar-refractivity contribution in [2.24, 2.45) is 0 Å². The summed E-state index contributed by atoms with van der Waals surface area (Å²) in [4.78, 5) is 17.3. The maximum absolute atomic E-state index is 13.0. The van der Waals surface area contributed by atoms with Crippen LogP contribution in [0.15, 0.2) is 48.7 Å². The number of hydrogen-bond donors (Lipinski definition) is 1. The summed E-state index contributed by atoms with van der Waals surface area (Å²) in [6.07, 6.45) is 1.73. The third kappa shape index (κ3) is 4.18.